The third kappa shape index (κ3) is 4.80. The third-order valence-corrected chi connectivity index (χ3v) is 6.79. The van der Waals surface area contributed by atoms with Crippen molar-refractivity contribution in [3.8, 4) is 5.75 Å². The molecular weight excluding hydrogens is 482 g/mol. The molecule has 0 radical (unpaired) electrons. The summed E-state index contributed by atoms with van der Waals surface area (Å²) in [7, 11) is 0. The van der Waals surface area contributed by atoms with E-state index in [1.165, 1.54) is 24.0 Å². The number of anilines is 1. The van der Waals surface area contributed by atoms with E-state index in [9.17, 15) is 19.2 Å². The molecule has 3 aromatic carbocycles. The van der Waals surface area contributed by atoms with Crippen molar-refractivity contribution in [2.24, 2.45) is 0 Å². The van der Waals surface area contributed by atoms with Crippen molar-refractivity contribution in [3.63, 3.8) is 0 Å². The Labute approximate surface area is 219 Å². The predicted molar refractivity (Wildman–Crippen MR) is 143 cm³/mol. The molecule has 0 saturated carbocycles. The third-order valence-electron chi connectivity index (χ3n) is 6.79. The minimum absolute atomic E-state index is 0.115. The number of benzene rings is 3. The Morgan fingerprint density at radius 1 is 1.00 bits per heavy atom. The van der Waals surface area contributed by atoms with E-state index in [0.29, 0.717) is 23.4 Å². The molecular formula is C30H27N3O5. The lowest BCUT2D eigenvalue weighted by atomic mass is 10.0. The zero-order valence-corrected chi connectivity index (χ0v) is 21.1. The molecule has 192 valence electrons. The number of ether oxygens (including phenoxy) is 1. The molecule has 1 unspecified atom stereocenters. The Morgan fingerprint density at radius 2 is 1.71 bits per heavy atom. The molecule has 1 aromatic heterocycles. The molecule has 38 heavy (non-hydrogen) atoms. The van der Waals surface area contributed by atoms with Crippen LogP contribution in [-0.4, -0.2) is 46.2 Å². The topological polar surface area (TPSA) is 99.8 Å². The van der Waals surface area contributed by atoms with Gasteiger partial charge in [-0.25, -0.2) is 4.90 Å². The van der Waals surface area contributed by atoms with Crippen LogP contribution in [0.1, 0.15) is 34.8 Å². The molecule has 5 rings (SSSR count). The molecule has 0 aliphatic carbocycles. The van der Waals surface area contributed by atoms with Gasteiger partial charge in [-0.05, 0) is 60.9 Å². The van der Waals surface area contributed by atoms with E-state index < -0.39 is 23.8 Å². The van der Waals surface area contributed by atoms with Crippen molar-refractivity contribution < 1.29 is 23.9 Å². The quantitative estimate of drug-likeness (QED) is 0.226. The monoisotopic (exact) mass is 509 g/mol. The molecule has 1 atom stereocenters. The summed E-state index contributed by atoms with van der Waals surface area (Å²) >= 11 is 0. The van der Waals surface area contributed by atoms with Crippen molar-refractivity contribution in [2.75, 3.05) is 11.4 Å². The maximum atomic E-state index is 13.8. The smallest absolute Gasteiger partial charge is 0.308 e. The Balaban J connectivity index is 1.44. The normalized spacial score (nSPS) is 15.2. The highest BCUT2D eigenvalue weighted by Gasteiger charge is 2.44. The molecule has 1 saturated heterocycles. The number of hydrogen-bond donors (Lipinski definition) is 1. The number of carbonyl (C=O) groups is 4. The molecule has 2 heterocycles. The largest absolute Gasteiger partial charge is 0.427 e. The average molecular weight is 510 g/mol. The first-order valence-corrected chi connectivity index (χ1v) is 12.4. The number of hydrogen-bond acceptors (Lipinski definition) is 5. The zero-order chi connectivity index (χ0) is 26.8. The lowest BCUT2D eigenvalue weighted by Crippen LogP contribution is -2.46. The van der Waals surface area contributed by atoms with Crippen molar-refractivity contribution in [2.45, 2.75) is 32.7 Å². The van der Waals surface area contributed by atoms with Crippen molar-refractivity contribution in [1.29, 1.82) is 0 Å². The molecule has 1 fully saturated rings. The van der Waals surface area contributed by atoms with Gasteiger partial charge in [0.15, 0.2) is 0 Å². The lowest BCUT2D eigenvalue weighted by Gasteiger charge is -2.28. The van der Waals surface area contributed by atoms with Gasteiger partial charge in [0.2, 0.25) is 5.91 Å². The lowest BCUT2D eigenvalue weighted by molar-refractivity contribution is -0.132. The summed E-state index contributed by atoms with van der Waals surface area (Å²) in [6.45, 7) is 3.41. The minimum Gasteiger partial charge on any atom is -0.427 e. The average Bonchev–Trinajstić information content (AvgIpc) is 3.44. The van der Waals surface area contributed by atoms with Gasteiger partial charge in [0.1, 0.15) is 11.8 Å². The second-order valence-corrected chi connectivity index (χ2v) is 9.30. The van der Waals surface area contributed by atoms with Gasteiger partial charge in [-0.1, -0.05) is 36.4 Å². The second kappa shape index (κ2) is 10.3. The van der Waals surface area contributed by atoms with Crippen molar-refractivity contribution >= 4 is 40.3 Å². The minimum atomic E-state index is -0.937. The van der Waals surface area contributed by atoms with Crippen molar-refractivity contribution in [3.05, 3.63) is 95.7 Å². The van der Waals surface area contributed by atoms with Crippen molar-refractivity contribution in [1.82, 2.24) is 9.88 Å². The summed E-state index contributed by atoms with van der Waals surface area (Å²) in [4.78, 5) is 57.6. The molecule has 0 bridgehead atoms. The van der Waals surface area contributed by atoms with E-state index in [2.05, 4.69) is 4.98 Å². The van der Waals surface area contributed by atoms with E-state index in [1.54, 1.807) is 24.3 Å². The number of aromatic amines is 1. The van der Waals surface area contributed by atoms with Gasteiger partial charge in [-0.3, -0.25) is 19.2 Å². The molecule has 8 nitrogen and oxygen atoms in total. The second-order valence-electron chi connectivity index (χ2n) is 9.30. The van der Waals surface area contributed by atoms with E-state index >= 15 is 0 Å². The first-order chi connectivity index (χ1) is 18.3. The molecule has 0 spiro atoms. The van der Waals surface area contributed by atoms with E-state index in [-0.39, 0.29) is 18.9 Å². The van der Waals surface area contributed by atoms with Crippen LogP contribution in [0.25, 0.3) is 10.9 Å². The van der Waals surface area contributed by atoms with Gasteiger partial charge in [-0.2, -0.15) is 0 Å². The van der Waals surface area contributed by atoms with Gasteiger partial charge in [-0.15, -0.1) is 0 Å². The number of carbonyl (C=O) groups excluding carboxylic acids is 4. The van der Waals surface area contributed by atoms with Gasteiger partial charge < -0.3 is 14.6 Å². The highest BCUT2D eigenvalue weighted by atomic mass is 16.5. The van der Waals surface area contributed by atoms with Gasteiger partial charge in [0.25, 0.3) is 11.8 Å². The first kappa shape index (κ1) is 25.0. The number of amides is 3. The number of aryl methyl sites for hydroxylation is 1. The van der Waals surface area contributed by atoms with Crippen LogP contribution in [-0.2, 0) is 20.8 Å². The molecule has 1 aliphatic rings. The number of aromatic nitrogens is 1. The fraction of sp³-hybridized carbons (Fsp3) is 0.200. The Bertz CT molecular complexity index is 1540. The number of fused-ring (bicyclic) bond motifs is 1. The van der Waals surface area contributed by atoms with Crippen LogP contribution in [0.15, 0.2) is 79.0 Å². The summed E-state index contributed by atoms with van der Waals surface area (Å²) in [6, 6.07) is 20.4. The molecule has 3 amide bonds. The Morgan fingerprint density at radius 3 is 2.45 bits per heavy atom. The fourth-order valence-corrected chi connectivity index (χ4v) is 4.91. The number of imide groups is 1. The van der Waals surface area contributed by atoms with Crippen LogP contribution in [0.4, 0.5) is 5.69 Å². The maximum absolute atomic E-state index is 13.8. The van der Waals surface area contributed by atoms with Gasteiger partial charge in [0.05, 0.1) is 12.1 Å². The van der Waals surface area contributed by atoms with Gasteiger partial charge >= 0.3 is 5.97 Å². The van der Waals surface area contributed by atoms with Crippen LogP contribution in [0.3, 0.4) is 0 Å². The van der Waals surface area contributed by atoms with Crippen LogP contribution in [0.2, 0.25) is 0 Å². The first-order valence-electron chi connectivity index (χ1n) is 12.4. The van der Waals surface area contributed by atoms with Crippen LogP contribution in [0, 0.1) is 6.92 Å². The SMILES string of the molecule is CC(=O)Oc1ccc(N2C(=O)CC(N(CCc3c[nH]c4ccccc34)C(=O)c3ccccc3C)C2=O)cc1. The number of H-pyrrole nitrogens is 1. The Kier molecular flexibility index (Phi) is 6.79. The standard InChI is InChI=1S/C30H27N3O5/c1-19-7-3-4-8-24(19)29(36)32(16-15-21-18-31-26-10-6-5-9-25(21)26)27-17-28(35)33(30(27)37)22-11-13-23(14-12-22)38-20(2)34/h3-14,18,27,31H,15-17H2,1-2H3. The highest BCUT2D eigenvalue weighted by Crippen LogP contribution is 2.29. The number of nitrogens with zero attached hydrogens (tertiary/aromatic N) is 2. The molecule has 1 aliphatic heterocycles. The van der Waals surface area contributed by atoms with E-state index in [1.807, 2.05) is 49.5 Å². The number of rotatable bonds is 7. The van der Waals surface area contributed by atoms with E-state index in [4.69, 9.17) is 4.74 Å². The van der Waals surface area contributed by atoms with E-state index in [0.717, 1.165) is 26.9 Å². The fourth-order valence-electron chi connectivity index (χ4n) is 4.91. The summed E-state index contributed by atoms with van der Waals surface area (Å²) in [5.41, 5.74) is 3.67. The molecule has 8 heteroatoms. The summed E-state index contributed by atoms with van der Waals surface area (Å²) in [6.07, 6.45) is 2.31. The summed E-state index contributed by atoms with van der Waals surface area (Å²) < 4.78 is 5.05. The predicted octanol–water partition coefficient (Wildman–Crippen LogP) is 4.42. The maximum Gasteiger partial charge on any atom is 0.308 e. The van der Waals surface area contributed by atoms with Gasteiger partial charge in [0, 0.05) is 36.1 Å². The number of esters is 1. The zero-order valence-electron chi connectivity index (χ0n) is 21.1. The van der Waals surface area contributed by atoms with Crippen LogP contribution >= 0.6 is 0 Å². The number of nitrogens with one attached hydrogen (secondary N) is 1. The number of para-hydroxylation sites is 1. The Hall–Kier alpha value is -4.72. The van der Waals surface area contributed by atoms with Crippen LogP contribution in [0.5, 0.6) is 5.75 Å². The van der Waals surface area contributed by atoms with Crippen LogP contribution < -0.4 is 9.64 Å². The molecule has 4 aromatic rings. The summed E-state index contributed by atoms with van der Waals surface area (Å²) in [5, 5.41) is 1.05. The highest BCUT2D eigenvalue weighted by molar-refractivity contribution is 6.23. The molecule has 1 N–H and O–H groups in total. The summed E-state index contributed by atoms with van der Waals surface area (Å²) in [5.74, 6) is -1.30.